The second kappa shape index (κ2) is 6.24. The summed E-state index contributed by atoms with van der Waals surface area (Å²) in [7, 11) is 0. The normalized spacial score (nSPS) is 10.4. The van der Waals surface area contributed by atoms with Crippen molar-refractivity contribution in [3.63, 3.8) is 0 Å². The van der Waals surface area contributed by atoms with Gasteiger partial charge in [0, 0.05) is 0 Å². The highest BCUT2D eigenvalue weighted by Crippen LogP contribution is 2.17. The van der Waals surface area contributed by atoms with Crippen LogP contribution in [0.2, 0.25) is 10.3 Å². The maximum Gasteiger partial charge on any atom is 0.351 e. The third kappa shape index (κ3) is 4.00. The van der Waals surface area contributed by atoms with Crippen molar-refractivity contribution in [2.24, 2.45) is 5.10 Å². The number of carbonyl (C=O) groups excluding carboxylic acids is 1. The number of anilines is 1. The van der Waals surface area contributed by atoms with Crippen LogP contribution in [-0.4, -0.2) is 28.8 Å². The van der Waals surface area contributed by atoms with Crippen molar-refractivity contribution >= 4 is 41.2 Å². The van der Waals surface area contributed by atoms with Crippen LogP contribution in [-0.2, 0) is 9.53 Å². The first kappa shape index (κ1) is 12.7. The van der Waals surface area contributed by atoms with Gasteiger partial charge in [-0.25, -0.2) is 14.8 Å². The van der Waals surface area contributed by atoms with Crippen molar-refractivity contribution < 1.29 is 9.53 Å². The average Bonchev–Trinajstić information content (AvgIpc) is 2.22. The van der Waals surface area contributed by atoms with Gasteiger partial charge in [-0.2, -0.15) is 5.10 Å². The number of esters is 1. The van der Waals surface area contributed by atoms with Crippen molar-refractivity contribution in [3.05, 3.63) is 16.5 Å². The first-order valence-corrected chi connectivity index (χ1v) is 5.03. The SMILES string of the molecule is CCOC(=O)/C=N\Nc1ncc(Cl)nc1Cl. The van der Waals surface area contributed by atoms with E-state index in [4.69, 9.17) is 23.2 Å². The zero-order valence-electron chi connectivity index (χ0n) is 8.28. The predicted molar refractivity (Wildman–Crippen MR) is 60.8 cm³/mol. The lowest BCUT2D eigenvalue weighted by Gasteiger charge is -2.00. The van der Waals surface area contributed by atoms with Crippen molar-refractivity contribution in [2.45, 2.75) is 6.92 Å². The van der Waals surface area contributed by atoms with E-state index in [9.17, 15) is 4.79 Å². The standard InChI is InChI=1S/C8H8Cl2N4O2/c1-2-16-6(15)4-12-14-8-7(10)13-5(9)3-11-8/h3-4H,2H2,1H3,(H,11,14)/b12-4-. The number of halogens is 2. The molecule has 6 nitrogen and oxygen atoms in total. The van der Waals surface area contributed by atoms with E-state index < -0.39 is 5.97 Å². The fourth-order valence-corrected chi connectivity index (χ4v) is 1.11. The molecule has 0 unspecified atom stereocenters. The van der Waals surface area contributed by atoms with Gasteiger partial charge in [0.1, 0.15) is 11.4 Å². The van der Waals surface area contributed by atoms with E-state index in [0.29, 0.717) is 0 Å². The molecule has 0 bridgehead atoms. The topological polar surface area (TPSA) is 76.5 Å². The number of hydrogen-bond donors (Lipinski definition) is 1. The second-order valence-corrected chi connectivity index (χ2v) is 3.20. The van der Waals surface area contributed by atoms with Crippen molar-refractivity contribution in [1.29, 1.82) is 0 Å². The maximum absolute atomic E-state index is 10.9. The van der Waals surface area contributed by atoms with Crippen LogP contribution in [0.4, 0.5) is 5.82 Å². The number of hydrazone groups is 1. The van der Waals surface area contributed by atoms with E-state index in [0.717, 1.165) is 6.21 Å². The first-order valence-electron chi connectivity index (χ1n) is 4.27. The van der Waals surface area contributed by atoms with E-state index in [1.807, 2.05) is 0 Å². The number of ether oxygens (including phenoxy) is 1. The highest BCUT2D eigenvalue weighted by Gasteiger charge is 2.03. The number of nitrogens with zero attached hydrogens (tertiary/aromatic N) is 3. The van der Waals surface area contributed by atoms with E-state index in [1.165, 1.54) is 6.20 Å². The molecule has 0 fully saturated rings. The molecule has 0 aromatic carbocycles. The van der Waals surface area contributed by atoms with E-state index >= 15 is 0 Å². The Morgan fingerprint density at radius 1 is 1.69 bits per heavy atom. The van der Waals surface area contributed by atoms with E-state index in [-0.39, 0.29) is 22.7 Å². The van der Waals surface area contributed by atoms with Gasteiger partial charge in [-0.3, -0.25) is 5.43 Å². The molecular formula is C8H8Cl2N4O2. The minimum absolute atomic E-state index is 0.0634. The summed E-state index contributed by atoms with van der Waals surface area (Å²) in [5, 5.41) is 3.81. The third-order valence-corrected chi connectivity index (χ3v) is 1.77. The van der Waals surface area contributed by atoms with Gasteiger partial charge in [0.25, 0.3) is 0 Å². The van der Waals surface area contributed by atoms with Crippen LogP contribution < -0.4 is 5.43 Å². The Balaban J connectivity index is 2.57. The molecule has 1 aromatic rings. The highest BCUT2D eigenvalue weighted by atomic mass is 35.5. The minimum Gasteiger partial charge on any atom is -0.462 e. The second-order valence-electron chi connectivity index (χ2n) is 2.45. The van der Waals surface area contributed by atoms with Gasteiger partial charge in [-0.05, 0) is 6.92 Å². The molecule has 1 heterocycles. The molecule has 0 atom stereocenters. The molecule has 0 aliphatic rings. The molecule has 0 radical (unpaired) electrons. The largest absolute Gasteiger partial charge is 0.462 e. The van der Waals surface area contributed by atoms with Gasteiger partial charge in [-0.15, -0.1) is 0 Å². The molecule has 0 aliphatic heterocycles. The lowest BCUT2D eigenvalue weighted by Crippen LogP contribution is -2.06. The van der Waals surface area contributed by atoms with Crippen LogP contribution in [0.5, 0.6) is 0 Å². The Bertz CT molecular complexity index is 411. The van der Waals surface area contributed by atoms with Crippen molar-refractivity contribution in [3.8, 4) is 0 Å². The number of hydrogen-bond acceptors (Lipinski definition) is 6. The van der Waals surface area contributed by atoms with Crippen molar-refractivity contribution in [1.82, 2.24) is 9.97 Å². The smallest absolute Gasteiger partial charge is 0.351 e. The van der Waals surface area contributed by atoms with Crippen molar-refractivity contribution in [2.75, 3.05) is 12.0 Å². The van der Waals surface area contributed by atoms with Gasteiger partial charge in [0.05, 0.1) is 12.8 Å². The molecular weight excluding hydrogens is 255 g/mol. The number of nitrogens with one attached hydrogen (secondary N) is 1. The molecule has 1 N–H and O–H groups in total. The Morgan fingerprint density at radius 2 is 2.44 bits per heavy atom. The Morgan fingerprint density at radius 3 is 3.06 bits per heavy atom. The highest BCUT2D eigenvalue weighted by molar-refractivity contribution is 6.33. The Hall–Kier alpha value is -1.40. The average molecular weight is 263 g/mol. The molecule has 1 rings (SSSR count). The Kier molecular flexibility index (Phi) is 4.94. The number of aromatic nitrogens is 2. The molecule has 86 valence electrons. The maximum atomic E-state index is 10.9. The summed E-state index contributed by atoms with van der Waals surface area (Å²) in [6, 6.07) is 0. The van der Waals surface area contributed by atoms with Gasteiger partial charge in [0.15, 0.2) is 11.0 Å². The summed E-state index contributed by atoms with van der Waals surface area (Å²) < 4.78 is 4.61. The summed E-state index contributed by atoms with van der Waals surface area (Å²) in [4.78, 5) is 18.4. The fraction of sp³-hybridized carbons (Fsp3) is 0.250. The van der Waals surface area contributed by atoms with Gasteiger partial charge < -0.3 is 4.74 Å². The van der Waals surface area contributed by atoms with Crippen LogP contribution in [0.3, 0.4) is 0 Å². The van der Waals surface area contributed by atoms with Crippen LogP contribution >= 0.6 is 23.2 Å². The zero-order valence-corrected chi connectivity index (χ0v) is 9.79. The monoisotopic (exact) mass is 262 g/mol. The summed E-state index contributed by atoms with van der Waals surface area (Å²) in [5.74, 6) is -0.361. The number of carbonyl (C=O) groups is 1. The molecule has 0 saturated heterocycles. The van der Waals surface area contributed by atoms with Gasteiger partial charge in [-0.1, -0.05) is 23.2 Å². The van der Waals surface area contributed by atoms with Crippen LogP contribution in [0, 0.1) is 0 Å². The van der Waals surface area contributed by atoms with Crippen LogP contribution in [0.1, 0.15) is 6.92 Å². The zero-order chi connectivity index (χ0) is 12.0. The summed E-state index contributed by atoms with van der Waals surface area (Å²) >= 11 is 11.2. The molecule has 0 spiro atoms. The molecule has 16 heavy (non-hydrogen) atoms. The Labute approximate surface area is 102 Å². The van der Waals surface area contributed by atoms with Gasteiger partial charge in [0.2, 0.25) is 0 Å². The molecule has 0 aliphatic carbocycles. The summed E-state index contributed by atoms with van der Waals surface area (Å²) in [5.41, 5.74) is 2.43. The first-order chi connectivity index (χ1) is 7.63. The van der Waals surface area contributed by atoms with E-state index in [2.05, 4.69) is 25.2 Å². The fourth-order valence-electron chi connectivity index (χ4n) is 0.747. The lowest BCUT2D eigenvalue weighted by molar-refractivity contribution is -0.134. The third-order valence-electron chi connectivity index (χ3n) is 1.33. The summed E-state index contributed by atoms with van der Waals surface area (Å²) in [6.07, 6.45) is 2.27. The lowest BCUT2D eigenvalue weighted by atomic mass is 10.7. The summed E-state index contributed by atoms with van der Waals surface area (Å²) in [6.45, 7) is 1.98. The number of rotatable bonds is 4. The van der Waals surface area contributed by atoms with Gasteiger partial charge >= 0.3 is 5.97 Å². The molecule has 8 heteroatoms. The molecule has 1 aromatic heterocycles. The predicted octanol–water partition coefficient (Wildman–Crippen LogP) is 1.74. The minimum atomic E-state index is -0.562. The molecule has 0 amide bonds. The van der Waals surface area contributed by atoms with Crippen LogP contribution in [0.25, 0.3) is 0 Å². The van der Waals surface area contributed by atoms with E-state index in [1.54, 1.807) is 6.92 Å². The molecule has 0 saturated carbocycles. The quantitative estimate of drug-likeness (QED) is 0.508. The van der Waals surface area contributed by atoms with Crippen LogP contribution in [0.15, 0.2) is 11.3 Å².